The predicted molar refractivity (Wildman–Crippen MR) is 68.8 cm³/mol. The molecule has 0 spiro atoms. The first-order valence-electron chi connectivity index (χ1n) is 7.42. The van der Waals surface area contributed by atoms with Gasteiger partial charge >= 0.3 is 0 Å². The van der Waals surface area contributed by atoms with Gasteiger partial charge in [-0.05, 0) is 44.4 Å². The number of ketones is 1. The van der Waals surface area contributed by atoms with Crippen molar-refractivity contribution in [2.24, 2.45) is 11.8 Å². The Hall–Kier alpha value is -0.370. The van der Waals surface area contributed by atoms with Crippen LogP contribution in [-0.2, 0) is 4.79 Å². The Kier molecular flexibility index (Phi) is 4.24. The molecule has 0 saturated heterocycles. The summed E-state index contributed by atoms with van der Waals surface area (Å²) in [6.45, 7) is 2.24. The van der Waals surface area contributed by atoms with Crippen molar-refractivity contribution in [1.82, 2.24) is 0 Å². The second-order valence-electron chi connectivity index (χ2n) is 6.08. The van der Waals surface area contributed by atoms with Crippen molar-refractivity contribution in [3.05, 3.63) is 0 Å². The molecule has 0 heterocycles. The number of carbonyl (C=O) groups is 1. The molecule has 2 aliphatic carbocycles. The monoisotopic (exact) mass is 238 g/mol. The fourth-order valence-electron chi connectivity index (χ4n) is 3.60. The van der Waals surface area contributed by atoms with Crippen LogP contribution >= 0.6 is 0 Å². The third-order valence-electron chi connectivity index (χ3n) is 4.93. The number of rotatable bonds is 3. The number of hydrogen-bond acceptors (Lipinski definition) is 2. The van der Waals surface area contributed by atoms with Gasteiger partial charge in [-0.25, -0.2) is 0 Å². The molecule has 0 aromatic rings. The molecule has 2 rings (SSSR count). The van der Waals surface area contributed by atoms with E-state index in [2.05, 4.69) is 6.92 Å². The summed E-state index contributed by atoms with van der Waals surface area (Å²) in [7, 11) is 0. The van der Waals surface area contributed by atoms with Crippen molar-refractivity contribution in [3.63, 3.8) is 0 Å². The highest BCUT2D eigenvalue weighted by Gasteiger charge is 2.41. The van der Waals surface area contributed by atoms with Crippen LogP contribution in [0.4, 0.5) is 0 Å². The van der Waals surface area contributed by atoms with E-state index in [9.17, 15) is 9.90 Å². The first-order chi connectivity index (χ1) is 8.15. The highest BCUT2D eigenvalue weighted by Crippen LogP contribution is 2.37. The van der Waals surface area contributed by atoms with Gasteiger partial charge in [-0.3, -0.25) is 4.79 Å². The van der Waals surface area contributed by atoms with Gasteiger partial charge in [0.25, 0.3) is 0 Å². The van der Waals surface area contributed by atoms with E-state index < -0.39 is 5.60 Å². The Morgan fingerprint density at radius 3 is 2.24 bits per heavy atom. The standard InChI is InChI=1S/C15H26O2/c1-2-12-6-8-13(9-7-12)14(16)15(17)10-4-3-5-11-15/h12-13,17H,2-11H2,1H3. The molecule has 2 saturated carbocycles. The maximum Gasteiger partial charge on any atom is 0.167 e. The molecule has 2 aliphatic rings. The lowest BCUT2D eigenvalue weighted by atomic mass is 9.71. The molecule has 0 aromatic carbocycles. The van der Waals surface area contributed by atoms with Crippen LogP contribution in [-0.4, -0.2) is 16.5 Å². The topological polar surface area (TPSA) is 37.3 Å². The van der Waals surface area contributed by atoms with Crippen LogP contribution in [0, 0.1) is 11.8 Å². The van der Waals surface area contributed by atoms with Crippen LogP contribution in [0.5, 0.6) is 0 Å². The van der Waals surface area contributed by atoms with E-state index in [1.165, 1.54) is 25.7 Å². The normalized spacial score (nSPS) is 33.3. The lowest BCUT2D eigenvalue weighted by Crippen LogP contribution is -2.45. The first kappa shape index (κ1) is 13.1. The molecule has 0 bridgehead atoms. The summed E-state index contributed by atoms with van der Waals surface area (Å²) < 4.78 is 0. The summed E-state index contributed by atoms with van der Waals surface area (Å²) in [6, 6.07) is 0. The van der Waals surface area contributed by atoms with Gasteiger partial charge in [0.05, 0.1) is 0 Å². The van der Waals surface area contributed by atoms with E-state index in [-0.39, 0.29) is 11.7 Å². The van der Waals surface area contributed by atoms with Crippen molar-refractivity contribution < 1.29 is 9.90 Å². The zero-order valence-electron chi connectivity index (χ0n) is 11.1. The smallest absolute Gasteiger partial charge is 0.167 e. The van der Waals surface area contributed by atoms with E-state index in [1.807, 2.05) is 0 Å². The molecule has 17 heavy (non-hydrogen) atoms. The minimum Gasteiger partial charge on any atom is -0.382 e. The highest BCUT2D eigenvalue weighted by atomic mass is 16.3. The van der Waals surface area contributed by atoms with E-state index in [0.717, 1.165) is 31.6 Å². The second-order valence-corrected chi connectivity index (χ2v) is 6.08. The molecular weight excluding hydrogens is 212 g/mol. The molecule has 0 aliphatic heterocycles. The summed E-state index contributed by atoms with van der Waals surface area (Å²) in [5.74, 6) is 1.15. The van der Waals surface area contributed by atoms with Gasteiger partial charge in [0.2, 0.25) is 0 Å². The Balaban J connectivity index is 1.91. The number of Topliss-reactive ketones (excluding diaryl/α,β-unsaturated/α-hetero) is 1. The lowest BCUT2D eigenvalue weighted by Gasteiger charge is -2.36. The second kappa shape index (κ2) is 5.51. The van der Waals surface area contributed by atoms with Gasteiger partial charge in [-0.15, -0.1) is 0 Å². The molecule has 0 amide bonds. The van der Waals surface area contributed by atoms with Crippen molar-refractivity contribution in [2.75, 3.05) is 0 Å². The van der Waals surface area contributed by atoms with Crippen molar-refractivity contribution >= 4 is 5.78 Å². The quantitative estimate of drug-likeness (QED) is 0.817. The van der Waals surface area contributed by atoms with Gasteiger partial charge in [0.15, 0.2) is 5.78 Å². The number of carbonyl (C=O) groups excluding carboxylic acids is 1. The zero-order valence-corrected chi connectivity index (χ0v) is 11.1. The fourth-order valence-corrected chi connectivity index (χ4v) is 3.60. The molecule has 2 heteroatoms. The summed E-state index contributed by atoms with van der Waals surface area (Å²) >= 11 is 0. The van der Waals surface area contributed by atoms with Crippen LogP contribution < -0.4 is 0 Å². The van der Waals surface area contributed by atoms with Gasteiger partial charge in [-0.1, -0.05) is 32.6 Å². The largest absolute Gasteiger partial charge is 0.382 e. The Morgan fingerprint density at radius 2 is 1.71 bits per heavy atom. The van der Waals surface area contributed by atoms with Gasteiger partial charge in [0.1, 0.15) is 5.60 Å². The van der Waals surface area contributed by atoms with E-state index in [4.69, 9.17) is 0 Å². The molecule has 0 aromatic heterocycles. The Bertz CT molecular complexity index is 258. The molecule has 2 fully saturated rings. The minimum atomic E-state index is -0.956. The summed E-state index contributed by atoms with van der Waals surface area (Å²) in [4.78, 5) is 12.4. The molecule has 0 unspecified atom stereocenters. The van der Waals surface area contributed by atoms with Crippen LogP contribution in [0.15, 0.2) is 0 Å². The molecule has 98 valence electrons. The zero-order chi connectivity index (χ0) is 12.3. The Morgan fingerprint density at radius 1 is 1.12 bits per heavy atom. The SMILES string of the molecule is CCC1CCC(C(=O)C2(O)CCCCC2)CC1. The summed E-state index contributed by atoms with van der Waals surface area (Å²) in [6.07, 6.45) is 10.3. The number of aliphatic hydroxyl groups is 1. The molecule has 0 atom stereocenters. The van der Waals surface area contributed by atoms with Crippen LogP contribution in [0.2, 0.25) is 0 Å². The third kappa shape index (κ3) is 2.90. The molecule has 1 N–H and O–H groups in total. The molecular formula is C15H26O2. The third-order valence-corrected chi connectivity index (χ3v) is 4.93. The lowest BCUT2D eigenvalue weighted by molar-refractivity contribution is -0.146. The van der Waals surface area contributed by atoms with E-state index in [1.54, 1.807) is 0 Å². The van der Waals surface area contributed by atoms with Crippen LogP contribution in [0.3, 0.4) is 0 Å². The Labute approximate surface area is 105 Å². The van der Waals surface area contributed by atoms with Crippen LogP contribution in [0.1, 0.15) is 71.1 Å². The van der Waals surface area contributed by atoms with Gasteiger partial charge in [0, 0.05) is 5.92 Å². The minimum absolute atomic E-state index is 0.154. The van der Waals surface area contributed by atoms with Crippen LogP contribution in [0.25, 0.3) is 0 Å². The average Bonchev–Trinajstić information content (AvgIpc) is 2.39. The van der Waals surface area contributed by atoms with Gasteiger partial charge in [-0.2, -0.15) is 0 Å². The van der Waals surface area contributed by atoms with Crippen molar-refractivity contribution in [2.45, 2.75) is 76.7 Å². The van der Waals surface area contributed by atoms with Crippen molar-refractivity contribution in [3.8, 4) is 0 Å². The average molecular weight is 238 g/mol. The molecule has 2 nitrogen and oxygen atoms in total. The molecule has 0 radical (unpaired) electrons. The van der Waals surface area contributed by atoms with E-state index >= 15 is 0 Å². The first-order valence-corrected chi connectivity index (χ1v) is 7.42. The summed E-state index contributed by atoms with van der Waals surface area (Å²) in [5, 5.41) is 10.5. The van der Waals surface area contributed by atoms with E-state index in [0.29, 0.717) is 12.8 Å². The maximum absolute atomic E-state index is 12.4. The fraction of sp³-hybridized carbons (Fsp3) is 0.933. The summed E-state index contributed by atoms with van der Waals surface area (Å²) in [5.41, 5.74) is -0.956. The predicted octanol–water partition coefficient (Wildman–Crippen LogP) is 3.47. The number of hydrogen-bond donors (Lipinski definition) is 1. The maximum atomic E-state index is 12.4. The van der Waals surface area contributed by atoms with Crippen molar-refractivity contribution in [1.29, 1.82) is 0 Å². The van der Waals surface area contributed by atoms with Gasteiger partial charge < -0.3 is 5.11 Å². The highest BCUT2D eigenvalue weighted by molar-refractivity contribution is 5.89.